The predicted octanol–water partition coefficient (Wildman–Crippen LogP) is 2.08. The topological polar surface area (TPSA) is 57.9 Å². The van der Waals surface area contributed by atoms with Gasteiger partial charge in [-0.2, -0.15) is 0 Å². The molecule has 1 atom stereocenters. The average molecular weight is 244 g/mol. The molecule has 0 saturated carbocycles. The number of imidazole rings is 1. The Morgan fingerprint density at radius 1 is 1.28 bits per heavy atom. The van der Waals surface area contributed by atoms with Gasteiger partial charge in [-0.15, -0.1) is 0 Å². The van der Waals surface area contributed by atoms with E-state index in [1.165, 1.54) is 5.56 Å². The number of hydrogen-bond donors (Lipinski definition) is 2. The van der Waals surface area contributed by atoms with E-state index in [2.05, 4.69) is 41.1 Å². The van der Waals surface area contributed by atoms with Crippen molar-refractivity contribution < 1.29 is 0 Å². The number of aromatic nitrogens is 2. The van der Waals surface area contributed by atoms with E-state index in [4.69, 9.17) is 5.73 Å². The summed E-state index contributed by atoms with van der Waals surface area (Å²) in [5.41, 5.74) is 7.78. The summed E-state index contributed by atoms with van der Waals surface area (Å²) >= 11 is 0. The van der Waals surface area contributed by atoms with Gasteiger partial charge in [0.1, 0.15) is 5.82 Å². The van der Waals surface area contributed by atoms with Crippen molar-refractivity contribution in [2.75, 3.05) is 26.4 Å². The zero-order valence-corrected chi connectivity index (χ0v) is 10.9. The van der Waals surface area contributed by atoms with Crippen molar-refractivity contribution in [1.29, 1.82) is 0 Å². The molecule has 0 amide bonds. The molecule has 0 aliphatic heterocycles. The van der Waals surface area contributed by atoms with Gasteiger partial charge in [0, 0.05) is 24.0 Å². The van der Waals surface area contributed by atoms with Gasteiger partial charge in [-0.05, 0) is 44.8 Å². The van der Waals surface area contributed by atoms with E-state index in [9.17, 15) is 0 Å². The number of rotatable bonds is 5. The van der Waals surface area contributed by atoms with E-state index >= 15 is 0 Å². The van der Waals surface area contributed by atoms with Crippen LogP contribution < -0.4 is 5.73 Å². The maximum absolute atomic E-state index is 5.74. The van der Waals surface area contributed by atoms with Gasteiger partial charge < -0.3 is 15.6 Å². The standard InChI is InChI=1S/C14H20N4/c1-18(2)10-7-13(14-16-8-9-17-14)11-3-5-12(15)6-4-11/h3-6,8-9,13H,7,10,15H2,1-2H3,(H,16,17). The van der Waals surface area contributed by atoms with Crippen molar-refractivity contribution in [2.45, 2.75) is 12.3 Å². The monoisotopic (exact) mass is 244 g/mol. The van der Waals surface area contributed by atoms with E-state index in [0.717, 1.165) is 24.5 Å². The fraction of sp³-hybridized carbons (Fsp3) is 0.357. The molecule has 0 bridgehead atoms. The number of anilines is 1. The maximum atomic E-state index is 5.74. The first-order chi connectivity index (χ1) is 8.66. The summed E-state index contributed by atoms with van der Waals surface area (Å²) in [7, 11) is 4.17. The lowest BCUT2D eigenvalue weighted by atomic mass is 9.94. The molecule has 0 aliphatic carbocycles. The number of H-pyrrole nitrogens is 1. The second-order valence-electron chi connectivity index (χ2n) is 4.79. The van der Waals surface area contributed by atoms with Crippen molar-refractivity contribution in [1.82, 2.24) is 14.9 Å². The van der Waals surface area contributed by atoms with Gasteiger partial charge in [-0.1, -0.05) is 12.1 Å². The Bertz CT molecular complexity index is 459. The van der Waals surface area contributed by atoms with Crippen LogP contribution in [0.15, 0.2) is 36.7 Å². The Morgan fingerprint density at radius 3 is 2.56 bits per heavy atom. The molecule has 1 unspecified atom stereocenters. The number of nitrogens with one attached hydrogen (secondary N) is 1. The second-order valence-corrected chi connectivity index (χ2v) is 4.79. The molecule has 0 aliphatic rings. The van der Waals surface area contributed by atoms with Crippen molar-refractivity contribution >= 4 is 5.69 Å². The number of hydrogen-bond acceptors (Lipinski definition) is 3. The highest BCUT2D eigenvalue weighted by Crippen LogP contribution is 2.26. The minimum absolute atomic E-state index is 0.294. The van der Waals surface area contributed by atoms with Crippen molar-refractivity contribution in [3.63, 3.8) is 0 Å². The lowest BCUT2D eigenvalue weighted by molar-refractivity contribution is 0.388. The van der Waals surface area contributed by atoms with Crippen molar-refractivity contribution in [3.8, 4) is 0 Å². The molecule has 2 rings (SSSR count). The predicted molar refractivity (Wildman–Crippen MR) is 74.5 cm³/mol. The van der Waals surface area contributed by atoms with Crippen LogP contribution in [-0.4, -0.2) is 35.5 Å². The smallest absolute Gasteiger partial charge is 0.113 e. The van der Waals surface area contributed by atoms with Gasteiger partial charge in [0.25, 0.3) is 0 Å². The largest absolute Gasteiger partial charge is 0.399 e. The molecule has 96 valence electrons. The highest BCUT2D eigenvalue weighted by atomic mass is 15.0. The molecule has 1 heterocycles. The molecule has 4 nitrogen and oxygen atoms in total. The number of nitrogen functional groups attached to an aromatic ring is 1. The van der Waals surface area contributed by atoms with Gasteiger partial charge >= 0.3 is 0 Å². The lowest BCUT2D eigenvalue weighted by Gasteiger charge is -2.18. The summed E-state index contributed by atoms with van der Waals surface area (Å²) in [6.45, 7) is 1.02. The van der Waals surface area contributed by atoms with Gasteiger partial charge in [-0.3, -0.25) is 0 Å². The third kappa shape index (κ3) is 3.11. The van der Waals surface area contributed by atoms with Crippen molar-refractivity contribution in [3.05, 3.63) is 48.0 Å². The third-order valence-corrected chi connectivity index (χ3v) is 3.05. The molecular weight excluding hydrogens is 224 g/mol. The third-order valence-electron chi connectivity index (χ3n) is 3.05. The molecule has 1 aromatic carbocycles. The summed E-state index contributed by atoms with van der Waals surface area (Å²) in [6.07, 6.45) is 4.70. The Hall–Kier alpha value is -1.81. The first-order valence-corrected chi connectivity index (χ1v) is 6.16. The molecule has 0 radical (unpaired) electrons. The van der Waals surface area contributed by atoms with Crippen LogP contribution in [0.3, 0.4) is 0 Å². The molecule has 0 fully saturated rings. The fourth-order valence-corrected chi connectivity index (χ4v) is 2.04. The number of nitrogens with two attached hydrogens (primary N) is 1. The van der Waals surface area contributed by atoms with Crippen LogP contribution in [-0.2, 0) is 0 Å². The van der Waals surface area contributed by atoms with E-state index in [1.807, 2.05) is 18.3 Å². The van der Waals surface area contributed by atoms with E-state index in [1.54, 1.807) is 6.20 Å². The maximum Gasteiger partial charge on any atom is 0.113 e. The SMILES string of the molecule is CN(C)CCC(c1ccc(N)cc1)c1ncc[nH]1. The molecule has 1 aromatic heterocycles. The molecular formula is C14H20N4. The summed E-state index contributed by atoms with van der Waals surface area (Å²) in [5.74, 6) is 1.31. The highest BCUT2D eigenvalue weighted by Gasteiger charge is 2.16. The molecule has 18 heavy (non-hydrogen) atoms. The number of nitrogens with zero attached hydrogens (tertiary/aromatic N) is 2. The molecule has 0 spiro atoms. The average Bonchev–Trinajstić information content (AvgIpc) is 2.85. The normalized spacial score (nSPS) is 12.8. The van der Waals surface area contributed by atoms with E-state index < -0.39 is 0 Å². The quantitative estimate of drug-likeness (QED) is 0.792. The van der Waals surface area contributed by atoms with Crippen LogP contribution in [0.5, 0.6) is 0 Å². The Balaban J connectivity index is 2.21. The Labute approximate surface area is 108 Å². The minimum Gasteiger partial charge on any atom is -0.399 e. The van der Waals surface area contributed by atoms with Crippen LogP contribution in [0.1, 0.15) is 23.7 Å². The highest BCUT2D eigenvalue weighted by molar-refractivity contribution is 5.41. The van der Waals surface area contributed by atoms with Crippen molar-refractivity contribution in [2.24, 2.45) is 0 Å². The fourth-order valence-electron chi connectivity index (χ4n) is 2.04. The number of benzene rings is 1. The lowest BCUT2D eigenvalue weighted by Crippen LogP contribution is -2.17. The summed E-state index contributed by atoms with van der Waals surface area (Å²) in [4.78, 5) is 9.79. The number of aromatic amines is 1. The Kier molecular flexibility index (Phi) is 3.99. The van der Waals surface area contributed by atoms with E-state index in [-0.39, 0.29) is 0 Å². The molecule has 0 saturated heterocycles. The first-order valence-electron chi connectivity index (χ1n) is 6.16. The van der Waals surface area contributed by atoms with Gasteiger partial charge in [0.05, 0.1) is 0 Å². The first kappa shape index (κ1) is 12.6. The molecule has 2 aromatic rings. The zero-order chi connectivity index (χ0) is 13.0. The van der Waals surface area contributed by atoms with Gasteiger partial charge in [0.2, 0.25) is 0 Å². The second kappa shape index (κ2) is 5.69. The van der Waals surface area contributed by atoms with Crippen LogP contribution in [0.2, 0.25) is 0 Å². The zero-order valence-electron chi connectivity index (χ0n) is 10.9. The molecule has 3 N–H and O–H groups in total. The molecule has 4 heteroatoms. The summed E-state index contributed by atoms with van der Waals surface area (Å²) in [6, 6.07) is 8.05. The van der Waals surface area contributed by atoms with Crippen LogP contribution >= 0.6 is 0 Å². The summed E-state index contributed by atoms with van der Waals surface area (Å²) in [5, 5.41) is 0. The summed E-state index contributed by atoms with van der Waals surface area (Å²) < 4.78 is 0. The van der Waals surface area contributed by atoms with E-state index in [0.29, 0.717) is 5.92 Å². The van der Waals surface area contributed by atoms with Gasteiger partial charge in [0.15, 0.2) is 0 Å². The minimum atomic E-state index is 0.294. The van der Waals surface area contributed by atoms with Gasteiger partial charge in [-0.25, -0.2) is 4.98 Å². The van der Waals surface area contributed by atoms with Crippen LogP contribution in [0.4, 0.5) is 5.69 Å². The Morgan fingerprint density at radius 2 is 2.00 bits per heavy atom. The van der Waals surface area contributed by atoms with Crippen LogP contribution in [0.25, 0.3) is 0 Å². The van der Waals surface area contributed by atoms with Crippen LogP contribution in [0, 0.1) is 0 Å².